The lowest BCUT2D eigenvalue weighted by molar-refractivity contribution is -0.130. The Morgan fingerprint density at radius 1 is 1.47 bits per heavy atom. The van der Waals surface area contributed by atoms with E-state index in [2.05, 4.69) is 5.32 Å². The van der Waals surface area contributed by atoms with Gasteiger partial charge in [0.15, 0.2) is 0 Å². The van der Waals surface area contributed by atoms with Crippen molar-refractivity contribution in [3.8, 4) is 11.8 Å². The van der Waals surface area contributed by atoms with Crippen LogP contribution in [-0.4, -0.2) is 30.5 Å². The van der Waals surface area contributed by atoms with Crippen LogP contribution in [0.25, 0.3) is 0 Å². The van der Waals surface area contributed by atoms with Gasteiger partial charge in [-0.15, -0.1) is 0 Å². The second-order valence-electron chi connectivity index (χ2n) is 4.34. The Balaban J connectivity index is 2.41. The fourth-order valence-corrected chi connectivity index (χ4v) is 2.04. The molecule has 1 heterocycles. The SMILES string of the molecule is COc1cccc(C2(C)NC(=O)N(CC#N)C2=O)c1. The normalized spacial score (nSPS) is 22.1. The van der Waals surface area contributed by atoms with E-state index in [9.17, 15) is 9.59 Å². The Morgan fingerprint density at radius 3 is 2.84 bits per heavy atom. The number of urea groups is 1. The minimum Gasteiger partial charge on any atom is -0.497 e. The molecule has 6 nitrogen and oxygen atoms in total. The van der Waals surface area contributed by atoms with Crippen molar-refractivity contribution in [3.05, 3.63) is 29.8 Å². The number of rotatable bonds is 3. The quantitative estimate of drug-likeness (QED) is 0.648. The molecule has 1 fully saturated rings. The molecule has 1 N–H and O–H groups in total. The second-order valence-corrected chi connectivity index (χ2v) is 4.34. The number of nitrogens with one attached hydrogen (secondary N) is 1. The Hall–Kier alpha value is -2.55. The zero-order valence-corrected chi connectivity index (χ0v) is 10.6. The van der Waals surface area contributed by atoms with Gasteiger partial charge in [0.1, 0.15) is 17.8 Å². The number of ether oxygens (including phenoxy) is 1. The van der Waals surface area contributed by atoms with Crippen molar-refractivity contribution in [2.75, 3.05) is 13.7 Å². The fraction of sp³-hybridized carbons (Fsp3) is 0.308. The van der Waals surface area contributed by atoms with Crippen molar-refractivity contribution in [2.24, 2.45) is 0 Å². The molecule has 1 aliphatic heterocycles. The summed E-state index contributed by atoms with van der Waals surface area (Å²) in [6.07, 6.45) is 0. The largest absolute Gasteiger partial charge is 0.497 e. The number of amides is 3. The molecule has 0 aromatic heterocycles. The average Bonchev–Trinajstić information content (AvgIpc) is 2.64. The Morgan fingerprint density at radius 2 is 2.21 bits per heavy atom. The highest BCUT2D eigenvalue weighted by molar-refractivity contribution is 6.07. The number of methoxy groups -OCH3 is 1. The molecule has 3 amide bonds. The third-order valence-corrected chi connectivity index (χ3v) is 3.15. The minimum atomic E-state index is -1.16. The van der Waals surface area contributed by atoms with Gasteiger partial charge >= 0.3 is 6.03 Å². The fourth-order valence-electron chi connectivity index (χ4n) is 2.04. The summed E-state index contributed by atoms with van der Waals surface area (Å²) >= 11 is 0. The van der Waals surface area contributed by atoms with E-state index >= 15 is 0 Å². The van der Waals surface area contributed by atoms with Crippen LogP contribution in [-0.2, 0) is 10.3 Å². The third-order valence-electron chi connectivity index (χ3n) is 3.15. The standard InChI is InChI=1S/C13H13N3O3/c1-13(9-4-3-5-10(8-9)19-2)11(17)16(7-6-14)12(18)15-13/h3-5,8H,7H2,1-2H3,(H,15,18). The van der Waals surface area contributed by atoms with E-state index in [1.54, 1.807) is 37.3 Å². The van der Waals surface area contributed by atoms with Gasteiger partial charge in [0.2, 0.25) is 0 Å². The van der Waals surface area contributed by atoms with Crippen molar-refractivity contribution >= 4 is 11.9 Å². The maximum absolute atomic E-state index is 12.3. The molecule has 2 rings (SSSR count). The van der Waals surface area contributed by atoms with Gasteiger partial charge in [0.05, 0.1) is 13.2 Å². The summed E-state index contributed by atoms with van der Waals surface area (Å²) in [5, 5.41) is 11.3. The molecule has 98 valence electrons. The highest BCUT2D eigenvalue weighted by Crippen LogP contribution is 2.30. The van der Waals surface area contributed by atoms with Crippen LogP contribution in [0.3, 0.4) is 0 Å². The minimum absolute atomic E-state index is 0.260. The summed E-state index contributed by atoms with van der Waals surface area (Å²) in [7, 11) is 1.53. The topological polar surface area (TPSA) is 82.4 Å². The molecule has 19 heavy (non-hydrogen) atoms. The molecule has 0 aliphatic carbocycles. The van der Waals surface area contributed by atoms with Crippen molar-refractivity contribution in [2.45, 2.75) is 12.5 Å². The second kappa shape index (κ2) is 4.61. The van der Waals surface area contributed by atoms with Crippen LogP contribution in [0, 0.1) is 11.3 Å². The molecule has 1 unspecified atom stereocenters. The van der Waals surface area contributed by atoms with Crippen LogP contribution >= 0.6 is 0 Å². The van der Waals surface area contributed by atoms with E-state index in [-0.39, 0.29) is 6.54 Å². The summed E-state index contributed by atoms with van der Waals surface area (Å²) in [6, 6.07) is 8.16. The highest BCUT2D eigenvalue weighted by atomic mass is 16.5. The van der Waals surface area contributed by atoms with Crippen LogP contribution in [0.1, 0.15) is 12.5 Å². The predicted molar refractivity (Wildman–Crippen MR) is 66.2 cm³/mol. The van der Waals surface area contributed by atoms with Gasteiger partial charge < -0.3 is 10.1 Å². The first kappa shape index (κ1) is 12.9. The number of nitriles is 1. The van der Waals surface area contributed by atoms with Crippen molar-refractivity contribution < 1.29 is 14.3 Å². The molecule has 1 atom stereocenters. The maximum atomic E-state index is 12.3. The lowest BCUT2D eigenvalue weighted by atomic mass is 9.92. The lowest BCUT2D eigenvalue weighted by Crippen LogP contribution is -2.40. The Kier molecular flexibility index (Phi) is 3.13. The number of benzene rings is 1. The summed E-state index contributed by atoms with van der Waals surface area (Å²) in [5.41, 5.74) is -0.548. The van der Waals surface area contributed by atoms with E-state index in [0.717, 1.165) is 4.90 Å². The Bertz CT molecular complexity index is 579. The van der Waals surface area contributed by atoms with Gasteiger partial charge in [-0.25, -0.2) is 9.69 Å². The molecule has 0 saturated carbocycles. The highest BCUT2D eigenvalue weighted by Gasteiger charge is 2.48. The van der Waals surface area contributed by atoms with Crippen molar-refractivity contribution in [1.29, 1.82) is 5.26 Å². The third kappa shape index (κ3) is 1.99. The molecule has 0 bridgehead atoms. The van der Waals surface area contributed by atoms with Crippen LogP contribution in [0.15, 0.2) is 24.3 Å². The number of nitrogens with zero attached hydrogens (tertiary/aromatic N) is 2. The first-order valence-corrected chi connectivity index (χ1v) is 5.68. The monoisotopic (exact) mass is 259 g/mol. The number of imide groups is 1. The van der Waals surface area contributed by atoms with Crippen LogP contribution < -0.4 is 10.1 Å². The van der Waals surface area contributed by atoms with E-state index in [0.29, 0.717) is 11.3 Å². The van der Waals surface area contributed by atoms with E-state index < -0.39 is 17.5 Å². The summed E-state index contributed by atoms with van der Waals surface area (Å²) in [4.78, 5) is 24.9. The molecule has 0 radical (unpaired) electrons. The van der Waals surface area contributed by atoms with Crippen LogP contribution in [0.2, 0.25) is 0 Å². The number of carbonyl (C=O) groups excluding carboxylic acids is 2. The molecule has 1 aromatic rings. The van der Waals surface area contributed by atoms with Gasteiger partial charge in [-0.05, 0) is 24.6 Å². The molecular weight excluding hydrogens is 246 g/mol. The van der Waals surface area contributed by atoms with Crippen molar-refractivity contribution in [1.82, 2.24) is 10.2 Å². The maximum Gasteiger partial charge on any atom is 0.326 e. The predicted octanol–water partition coefficient (Wildman–Crippen LogP) is 0.986. The molecular formula is C13H13N3O3. The summed E-state index contributed by atoms with van der Waals surface area (Å²) in [5.74, 6) is 0.159. The van der Waals surface area contributed by atoms with Gasteiger partial charge in [0.25, 0.3) is 5.91 Å². The molecule has 6 heteroatoms. The molecule has 1 aliphatic rings. The van der Waals surface area contributed by atoms with Gasteiger partial charge in [-0.1, -0.05) is 12.1 Å². The van der Waals surface area contributed by atoms with Crippen molar-refractivity contribution in [3.63, 3.8) is 0 Å². The van der Waals surface area contributed by atoms with Crippen LogP contribution in [0.4, 0.5) is 4.79 Å². The molecule has 0 spiro atoms. The number of carbonyl (C=O) groups is 2. The number of hydrogen-bond acceptors (Lipinski definition) is 4. The zero-order chi connectivity index (χ0) is 14.0. The van der Waals surface area contributed by atoms with E-state index in [1.807, 2.05) is 0 Å². The first-order chi connectivity index (χ1) is 9.02. The summed E-state index contributed by atoms with van der Waals surface area (Å²) in [6.45, 7) is 1.35. The average molecular weight is 259 g/mol. The van der Waals surface area contributed by atoms with Gasteiger partial charge in [-0.3, -0.25) is 4.79 Å². The Labute approximate surface area is 110 Å². The molecule has 1 saturated heterocycles. The van der Waals surface area contributed by atoms with Gasteiger partial charge in [-0.2, -0.15) is 5.26 Å². The lowest BCUT2D eigenvalue weighted by Gasteiger charge is -2.22. The van der Waals surface area contributed by atoms with E-state index in [1.165, 1.54) is 7.11 Å². The summed E-state index contributed by atoms with van der Waals surface area (Å²) < 4.78 is 5.11. The first-order valence-electron chi connectivity index (χ1n) is 5.68. The zero-order valence-electron chi connectivity index (χ0n) is 10.6. The number of hydrogen-bond donors (Lipinski definition) is 1. The van der Waals surface area contributed by atoms with Gasteiger partial charge in [0, 0.05) is 0 Å². The van der Waals surface area contributed by atoms with E-state index in [4.69, 9.17) is 10.00 Å². The van der Waals surface area contributed by atoms with Crippen LogP contribution in [0.5, 0.6) is 5.75 Å². The molecule has 1 aromatic carbocycles. The smallest absolute Gasteiger partial charge is 0.326 e.